The van der Waals surface area contributed by atoms with Gasteiger partial charge in [-0.2, -0.15) is 0 Å². The summed E-state index contributed by atoms with van der Waals surface area (Å²) >= 11 is 0. The minimum absolute atomic E-state index is 0.0329. The second kappa shape index (κ2) is 8.10. The molecule has 0 bridgehead atoms. The van der Waals surface area contributed by atoms with Gasteiger partial charge in [-0.05, 0) is 37.3 Å². The monoisotopic (exact) mass is 290 g/mol. The van der Waals surface area contributed by atoms with Crippen molar-refractivity contribution in [3.05, 3.63) is 30.1 Å². The Morgan fingerprint density at radius 1 is 1.48 bits per heavy atom. The number of hydrogen-bond acceptors (Lipinski definition) is 4. The third-order valence-electron chi connectivity index (χ3n) is 4.03. The lowest BCUT2D eigenvalue weighted by atomic mass is 9.95. The van der Waals surface area contributed by atoms with Gasteiger partial charge in [-0.1, -0.05) is 26.3 Å². The van der Waals surface area contributed by atoms with E-state index in [0.29, 0.717) is 24.8 Å². The third-order valence-corrected chi connectivity index (χ3v) is 4.03. The van der Waals surface area contributed by atoms with E-state index in [1.165, 1.54) is 12.8 Å². The number of aryl methyl sites for hydroxylation is 1. The van der Waals surface area contributed by atoms with Crippen molar-refractivity contribution in [3.8, 4) is 0 Å². The Bertz CT molecular complexity index is 437. The summed E-state index contributed by atoms with van der Waals surface area (Å²) in [6, 6.07) is 6.22. The first-order valence-corrected chi connectivity index (χ1v) is 7.89. The number of carbonyl (C=O) groups excluding carboxylic acids is 1. The largest absolute Gasteiger partial charge is 0.339 e. The van der Waals surface area contributed by atoms with Gasteiger partial charge in [0.15, 0.2) is 0 Å². The Labute approximate surface area is 126 Å². The Kier molecular flexibility index (Phi) is 6.14. The van der Waals surface area contributed by atoms with Gasteiger partial charge < -0.3 is 5.32 Å². The molecule has 1 aromatic heterocycles. The molecule has 0 saturated carbocycles. The zero-order valence-electron chi connectivity index (χ0n) is 12.9. The van der Waals surface area contributed by atoms with Crippen LogP contribution in [0.15, 0.2) is 24.4 Å². The lowest BCUT2D eigenvalue weighted by Gasteiger charge is -2.17. The zero-order chi connectivity index (χ0) is 15.1. The minimum atomic E-state index is 0.0329. The molecule has 3 atom stereocenters. The number of hydrazine groups is 1. The van der Waals surface area contributed by atoms with E-state index in [1.807, 2.05) is 18.2 Å². The third kappa shape index (κ3) is 5.10. The van der Waals surface area contributed by atoms with Crippen molar-refractivity contribution in [3.63, 3.8) is 0 Å². The van der Waals surface area contributed by atoms with Crippen LogP contribution in [0.4, 0.5) is 0 Å². The molecule has 0 radical (unpaired) electrons. The van der Waals surface area contributed by atoms with Crippen LogP contribution in [0, 0.1) is 5.92 Å². The first kappa shape index (κ1) is 15.9. The van der Waals surface area contributed by atoms with Crippen molar-refractivity contribution in [1.29, 1.82) is 0 Å². The predicted octanol–water partition coefficient (Wildman–Crippen LogP) is 1.76. The predicted molar refractivity (Wildman–Crippen MR) is 83.2 cm³/mol. The van der Waals surface area contributed by atoms with Gasteiger partial charge in [-0.25, -0.2) is 5.43 Å². The van der Waals surface area contributed by atoms with E-state index in [2.05, 4.69) is 35.0 Å². The van der Waals surface area contributed by atoms with Crippen molar-refractivity contribution in [2.75, 3.05) is 0 Å². The second-order valence-corrected chi connectivity index (χ2v) is 5.84. The number of aromatic nitrogens is 1. The average Bonchev–Trinajstić information content (AvgIpc) is 2.95. The lowest BCUT2D eigenvalue weighted by Crippen LogP contribution is -2.44. The van der Waals surface area contributed by atoms with Crippen LogP contribution in [0.3, 0.4) is 0 Å². The van der Waals surface area contributed by atoms with Crippen molar-refractivity contribution in [2.24, 2.45) is 5.92 Å². The van der Waals surface area contributed by atoms with Crippen LogP contribution in [0.1, 0.15) is 45.2 Å². The molecule has 1 aliphatic rings. The second-order valence-electron chi connectivity index (χ2n) is 5.84. The van der Waals surface area contributed by atoms with Gasteiger partial charge in [0, 0.05) is 24.4 Å². The van der Waals surface area contributed by atoms with Crippen LogP contribution in [0.2, 0.25) is 0 Å². The van der Waals surface area contributed by atoms with Gasteiger partial charge in [-0.15, -0.1) is 0 Å². The number of nitrogens with zero attached hydrogens (tertiary/aromatic N) is 1. The summed E-state index contributed by atoms with van der Waals surface area (Å²) in [6.07, 6.45) is 6.30. The Hall–Kier alpha value is -1.46. The van der Waals surface area contributed by atoms with Crippen LogP contribution >= 0.6 is 0 Å². The van der Waals surface area contributed by atoms with E-state index in [1.54, 1.807) is 6.20 Å². The highest BCUT2D eigenvalue weighted by molar-refractivity contribution is 5.76. The fourth-order valence-corrected chi connectivity index (χ4v) is 2.76. The molecule has 2 rings (SSSR count). The summed E-state index contributed by atoms with van der Waals surface area (Å²) in [6.45, 7) is 4.46. The number of nitrogens with one attached hydrogen (secondary N) is 3. The topological polar surface area (TPSA) is 66.0 Å². The fourth-order valence-electron chi connectivity index (χ4n) is 2.76. The van der Waals surface area contributed by atoms with Gasteiger partial charge in [-0.3, -0.25) is 15.2 Å². The Morgan fingerprint density at radius 2 is 2.33 bits per heavy atom. The maximum atomic E-state index is 12.0. The number of rotatable bonds is 7. The Balaban J connectivity index is 1.69. The number of carbonyl (C=O) groups is 1. The summed E-state index contributed by atoms with van der Waals surface area (Å²) in [5, 5.41) is 3.04. The molecule has 0 spiro atoms. The van der Waals surface area contributed by atoms with Crippen molar-refractivity contribution in [1.82, 2.24) is 21.2 Å². The SMILES string of the molecule is CCCC(C)C1CC(NC(=O)CCc2ccccn2)NN1. The molecule has 3 N–H and O–H groups in total. The molecule has 2 heterocycles. The van der Waals surface area contributed by atoms with Crippen LogP contribution in [-0.4, -0.2) is 23.1 Å². The molecule has 21 heavy (non-hydrogen) atoms. The molecule has 1 aromatic rings. The first-order chi connectivity index (χ1) is 10.2. The van der Waals surface area contributed by atoms with Crippen molar-refractivity contribution in [2.45, 2.75) is 58.2 Å². The highest BCUT2D eigenvalue weighted by atomic mass is 16.1. The highest BCUT2D eigenvalue weighted by Crippen LogP contribution is 2.17. The molecule has 3 unspecified atom stereocenters. The van der Waals surface area contributed by atoms with Crippen LogP contribution < -0.4 is 16.2 Å². The molecule has 1 fully saturated rings. The van der Waals surface area contributed by atoms with Crippen LogP contribution in [-0.2, 0) is 11.2 Å². The van der Waals surface area contributed by atoms with Crippen molar-refractivity contribution >= 4 is 5.91 Å². The van der Waals surface area contributed by atoms with E-state index < -0.39 is 0 Å². The van der Waals surface area contributed by atoms with Gasteiger partial charge in [0.1, 0.15) is 0 Å². The summed E-state index contributed by atoms with van der Waals surface area (Å²) in [7, 11) is 0. The molecular weight excluding hydrogens is 264 g/mol. The van der Waals surface area contributed by atoms with Gasteiger partial charge >= 0.3 is 0 Å². The smallest absolute Gasteiger partial charge is 0.221 e. The van der Waals surface area contributed by atoms with Gasteiger partial charge in [0.2, 0.25) is 5.91 Å². The van der Waals surface area contributed by atoms with E-state index in [0.717, 1.165) is 12.1 Å². The number of pyridine rings is 1. The summed E-state index contributed by atoms with van der Waals surface area (Å²) in [4.78, 5) is 16.2. The molecule has 116 valence electrons. The molecule has 1 aliphatic heterocycles. The van der Waals surface area contributed by atoms with Crippen LogP contribution in [0.25, 0.3) is 0 Å². The average molecular weight is 290 g/mol. The molecule has 1 amide bonds. The van der Waals surface area contributed by atoms with Crippen LogP contribution in [0.5, 0.6) is 0 Å². The van der Waals surface area contributed by atoms with E-state index >= 15 is 0 Å². The summed E-state index contributed by atoms with van der Waals surface area (Å²) < 4.78 is 0. The number of hydrogen-bond donors (Lipinski definition) is 3. The quantitative estimate of drug-likeness (QED) is 0.716. The minimum Gasteiger partial charge on any atom is -0.339 e. The molecule has 5 heteroatoms. The van der Waals surface area contributed by atoms with Gasteiger partial charge in [0.05, 0.1) is 6.17 Å². The molecule has 5 nitrogen and oxygen atoms in total. The zero-order valence-corrected chi connectivity index (χ0v) is 12.9. The van der Waals surface area contributed by atoms with E-state index in [9.17, 15) is 4.79 Å². The molecule has 0 aliphatic carbocycles. The molecule has 0 aromatic carbocycles. The fraction of sp³-hybridized carbons (Fsp3) is 0.625. The molecule has 1 saturated heterocycles. The van der Waals surface area contributed by atoms with Crippen molar-refractivity contribution < 1.29 is 4.79 Å². The van der Waals surface area contributed by atoms with E-state index in [4.69, 9.17) is 0 Å². The summed E-state index contributed by atoms with van der Waals surface area (Å²) in [5.41, 5.74) is 7.43. The maximum absolute atomic E-state index is 12.0. The number of amides is 1. The molecular formula is C16H26N4O. The maximum Gasteiger partial charge on any atom is 0.221 e. The lowest BCUT2D eigenvalue weighted by molar-refractivity contribution is -0.121. The normalized spacial score (nSPS) is 23.0. The van der Waals surface area contributed by atoms with Gasteiger partial charge in [0.25, 0.3) is 0 Å². The summed E-state index contributed by atoms with van der Waals surface area (Å²) in [5.74, 6) is 0.696. The standard InChI is InChI=1S/C16H26N4O/c1-3-6-12(2)14-11-15(20-19-14)18-16(21)9-8-13-7-4-5-10-17-13/h4-5,7,10,12,14-15,19-20H,3,6,8-9,11H2,1-2H3,(H,18,21). The first-order valence-electron chi connectivity index (χ1n) is 7.89. The van der Waals surface area contributed by atoms with E-state index in [-0.39, 0.29) is 12.1 Å². The Morgan fingerprint density at radius 3 is 3.05 bits per heavy atom. The highest BCUT2D eigenvalue weighted by Gasteiger charge is 2.28.